The molecular weight excluding hydrogens is 303 g/mol. The van der Waals surface area contributed by atoms with E-state index in [4.69, 9.17) is 11.6 Å². The van der Waals surface area contributed by atoms with Gasteiger partial charge in [0.1, 0.15) is 0 Å². The summed E-state index contributed by atoms with van der Waals surface area (Å²) in [5, 5.41) is 0. The normalized spacial score (nSPS) is 14.4. The van der Waals surface area contributed by atoms with Gasteiger partial charge in [0.25, 0.3) is 0 Å². The summed E-state index contributed by atoms with van der Waals surface area (Å²) < 4.78 is 64.0. The van der Waals surface area contributed by atoms with Gasteiger partial charge < -0.3 is 0 Å². The molecule has 0 fully saturated rings. The maximum Gasteiger partial charge on any atom is 0.417 e. The van der Waals surface area contributed by atoms with Crippen molar-refractivity contribution in [3.05, 3.63) is 29.8 Å². The minimum atomic E-state index is -4.72. The quantitative estimate of drug-likeness (QED) is 0.849. The Labute approximate surface area is 114 Å². The molecule has 0 aliphatic heterocycles. The van der Waals surface area contributed by atoms with Crippen LogP contribution in [0.15, 0.2) is 29.2 Å². The minimum Gasteiger partial charge on any atom is -0.211 e. The van der Waals surface area contributed by atoms with Crippen molar-refractivity contribution < 1.29 is 21.6 Å². The molecule has 1 rings (SSSR count). The lowest BCUT2D eigenvalue weighted by molar-refractivity contribution is -0.139. The highest BCUT2D eigenvalue weighted by Gasteiger charge is 2.36. The Morgan fingerprint density at radius 3 is 2.42 bits per heavy atom. The summed E-state index contributed by atoms with van der Waals surface area (Å²) in [5.74, 6) is 0.0400. The first kappa shape index (κ1) is 16.3. The number of sulfonamides is 1. The second kappa shape index (κ2) is 6.11. The molecule has 0 amide bonds. The predicted molar refractivity (Wildman–Crippen MR) is 66.5 cm³/mol. The lowest BCUT2D eigenvalue weighted by Gasteiger charge is -2.15. The van der Waals surface area contributed by atoms with Crippen molar-refractivity contribution in [2.75, 3.05) is 12.4 Å². The summed E-state index contributed by atoms with van der Waals surface area (Å²) in [6.45, 7) is 1.67. The molecule has 0 heterocycles. The van der Waals surface area contributed by atoms with E-state index in [1.807, 2.05) is 0 Å². The van der Waals surface area contributed by atoms with Crippen molar-refractivity contribution in [1.29, 1.82) is 0 Å². The van der Waals surface area contributed by atoms with Crippen molar-refractivity contribution in [2.24, 2.45) is 5.92 Å². The summed E-state index contributed by atoms with van der Waals surface area (Å²) in [6, 6.07) is 4.05. The van der Waals surface area contributed by atoms with E-state index >= 15 is 0 Å². The van der Waals surface area contributed by atoms with E-state index in [0.717, 1.165) is 18.2 Å². The van der Waals surface area contributed by atoms with Gasteiger partial charge in [0, 0.05) is 12.4 Å². The Balaban J connectivity index is 3.09. The zero-order valence-corrected chi connectivity index (χ0v) is 11.6. The van der Waals surface area contributed by atoms with Crippen LogP contribution in [0.4, 0.5) is 13.2 Å². The summed E-state index contributed by atoms with van der Waals surface area (Å²) >= 11 is 5.52. The van der Waals surface area contributed by atoms with Crippen LogP contribution >= 0.6 is 11.6 Å². The van der Waals surface area contributed by atoms with E-state index in [1.54, 1.807) is 6.92 Å². The molecule has 1 aromatic carbocycles. The average Bonchev–Trinajstić information content (AvgIpc) is 2.35. The molecule has 8 heteroatoms. The van der Waals surface area contributed by atoms with E-state index in [9.17, 15) is 21.6 Å². The first-order chi connectivity index (χ1) is 8.68. The van der Waals surface area contributed by atoms with Gasteiger partial charge in [0.2, 0.25) is 10.0 Å². The fourth-order valence-electron chi connectivity index (χ4n) is 1.32. The van der Waals surface area contributed by atoms with Crippen LogP contribution in [0.2, 0.25) is 0 Å². The zero-order valence-electron chi connectivity index (χ0n) is 10.0. The molecule has 3 nitrogen and oxygen atoms in total. The first-order valence-corrected chi connectivity index (χ1v) is 7.42. The Hall–Kier alpha value is -0.790. The largest absolute Gasteiger partial charge is 0.417 e. The lowest BCUT2D eigenvalue weighted by atomic mass is 10.2. The number of rotatable bonds is 5. The molecule has 1 atom stereocenters. The van der Waals surface area contributed by atoms with Gasteiger partial charge in [-0.25, -0.2) is 13.1 Å². The van der Waals surface area contributed by atoms with Gasteiger partial charge in [0.05, 0.1) is 10.5 Å². The van der Waals surface area contributed by atoms with Crippen LogP contribution in [0.5, 0.6) is 0 Å². The van der Waals surface area contributed by atoms with Crippen LogP contribution in [0.25, 0.3) is 0 Å². The van der Waals surface area contributed by atoms with Crippen molar-refractivity contribution in [1.82, 2.24) is 4.72 Å². The molecule has 1 unspecified atom stereocenters. The summed E-state index contributed by atoms with van der Waals surface area (Å²) in [7, 11) is -4.21. The number of nitrogens with one attached hydrogen (secondary N) is 1. The third-order valence-electron chi connectivity index (χ3n) is 2.37. The summed E-state index contributed by atoms with van der Waals surface area (Å²) in [5.41, 5.74) is -1.18. The third kappa shape index (κ3) is 4.36. The van der Waals surface area contributed by atoms with Crippen molar-refractivity contribution in [3.8, 4) is 0 Å². The van der Waals surface area contributed by atoms with Crippen molar-refractivity contribution in [2.45, 2.75) is 18.0 Å². The minimum absolute atomic E-state index is 0.0158. The number of hydrogen-bond acceptors (Lipinski definition) is 2. The predicted octanol–water partition coefficient (Wildman–Crippen LogP) is 2.86. The maximum absolute atomic E-state index is 12.7. The molecule has 0 aliphatic carbocycles. The summed E-state index contributed by atoms with van der Waals surface area (Å²) in [4.78, 5) is -0.774. The second-order valence-electron chi connectivity index (χ2n) is 4.11. The van der Waals surface area contributed by atoms with Gasteiger partial charge in [-0.3, -0.25) is 0 Å². The van der Waals surface area contributed by atoms with E-state index < -0.39 is 26.7 Å². The number of hydrogen-bond donors (Lipinski definition) is 1. The molecule has 0 aromatic heterocycles. The van der Waals surface area contributed by atoms with E-state index in [1.165, 1.54) is 6.07 Å². The van der Waals surface area contributed by atoms with Crippen LogP contribution in [0, 0.1) is 5.92 Å². The Morgan fingerprint density at radius 1 is 1.32 bits per heavy atom. The highest BCUT2D eigenvalue weighted by Crippen LogP contribution is 2.33. The molecule has 0 bridgehead atoms. The molecule has 0 aliphatic rings. The molecule has 0 saturated heterocycles. The van der Waals surface area contributed by atoms with E-state index in [2.05, 4.69) is 4.72 Å². The molecule has 19 heavy (non-hydrogen) atoms. The second-order valence-corrected chi connectivity index (χ2v) is 6.15. The summed E-state index contributed by atoms with van der Waals surface area (Å²) in [6.07, 6.45) is -4.72. The van der Waals surface area contributed by atoms with Gasteiger partial charge >= 0.3 is 6.18 Å². The maximum atomic E-state index is 12.7. The Kier molecular flexibility index (Phi) is 5.23. The van der Waals surface area contributed by atoms with Crippen LogP contribution in [0.1, 0.15) is 12.5 Å². The zero-order chi connectivity index (χ0) is 14.7. The fraction of sp³-hybridized carbons (Fsp3) is 0.455. The van der Waals surface area contributed by atoms with Gasteiger partial charge in [-0.05, 0) is 18.1 Å². The number of benzene rings is 1. The van der Waals surface area contributed by atoms with E-state index in [-0.39, 0.29) is 18.3 Å². The average molecular weight is 316 g/mol. The highest BCUT2D eigenvalue weighted by atomic mass is 35.5. The third-order valence-corrected chi connectivity index (χ3v) is 4.38. The fourth-order valence-corrected chi connectivity index (χ4v) is 2.82. The SMILES string of the molecule is CC(CCl)CNS(=O)(=O)c1ccccc1C(F)(F)F. The van der Waals surface area contributed by atoms with Crippen LogP contribution in [-0.2, 0) is 16.2 Å². The molecule has 1 N–H and O–H groups in total. The topological polar surface area (TPSA) is 46.2 Å². The molecule has 0 saturated carbocycles. The molecule has 1 aromatic rings. The van der Waals surface area contributed by atoms with Gasteiger partial charge in [0.15, 0.2) is 0 Å². The van der Waals surface area contributed by atoms with Crippen LogP contribution in [-0.4, -0.2) is 20.8 Å². The number of alkyl halides is 4. The van der Waals surface area contributed by atoms with Gasteiger partial charge in [-0.2, -0.15) is 13.2 Å². The van der Waals surface area contributed by atoms with Crippen molar-refractivity contribution in [3.63, 3.8) is 0 Å². The highest BCUT2D eigenvalue weighted by molar-refractivity contribution is 7.89. The standard InChI is InChI=1S/C11H13ClF3NO2S/c1-8(6-12)7-16-19(17,18)10-5-3-2-4-9(10)11(13,14)15/h2-5,8,16H,6-7H2,1H3. The number of halogens is 4. The van der Waals surface area contributed by atoms with Crippen LogP contribution in [0.3, 0.4) is 0 Å². The van der Waals surface area contributed by atoms with E-state index in [0.29, 0.717) is 0 Å². The monoisotopic (exact) mass is 315 g/mol. The molecule has 108 valence electrons. The molecular formula is C11H13ClF3NO2S. The Bertz CT molecular complexity index is 531. The lowest BCUT2D eigenvalue weighted by Crippen LogP contribution is -2.30. The molecule has 0 spiro atoms. The smallest absolute Gasteiger partial charge is 0.211 e. The molecule has 0 radical (unpaired) electrons. The Morgan fingerprint density at radius 2 is 1.89 bits per heavy atom. The van der Waals surface area contributed by atoms with Gasteiger partial charge in [-0.15, -0.1) is 11.6 Å². The van der Waals surface area contributed by atoms with Crippen molar-refractivity contribution >= 4 is 21.6 Å². The van der Waals surface area contributed by atoms with Crippen LogP contribution < -0.4 is 4.72 Å². The van der Waals surface area contributed by atoms with Gasteiger partial charge in [-0.1, -0.05) is 19.1 Å². The first-order valence-electron chi connectivity index (χ1n) is 5.40.